The largest absolute Gasteiger partial charge is 0.393 e. The van der Waals surface area contributed by atoms with Gasteiger partial charge in [0.1, 0.15) is 11.2 Å². The number of aliphatic hydroxyl groups is 10. The zero-order valence-corrected chi connectivity index (χ0v) is 22.1. The average Bonchev–Trinajstić information content (AvgIpc) is 2.83. The highest BCUT2D eigenvalue weighted by molar-refractivity contribution is 5.26. The van der Waals surface area contributed by atoms with Gasteiger partial charge in [-0.3, -0.25) is 0 Å². The molecule has 38 heavy (non-hydrogen) atoms. The number of aliphatic hydroxyl groups excluding tert-OH is 6. The van der Waals surface area contributed by atoms with E-state index in [-0.39, 0.29) is 18.3 Å². The molecule has 0 aliphatic heterocycles. The van der Waals surface area contributed by atoms with Gasteiger partial charge in [-0.2, -0.15) is 0 Å². The van der Waals surface area contributed by atoms with Crippen molar-refractivity contribution >= 4 is 0 Å². The van der Waals surface area contributed by atoms with Gasteiger partial charge in [-0.05, 0) is 37.0 Å². The topological polar surface area (TPSA) is 202 Å². The van der Waals surface area contributed by atoms with Gasteiger partial charge in [-0.15, -0.1) is 0 Å². The highest BCUT2D eigenvalue weighted by Crippen LogP contribution is 2.61. The van der Waals surface area contributed by atoms with Gasteiger partial charge >= 0.3 is 0 Å². The fourth-order valence-corrected chi connectivity index (χ4v) is 9.68. The Morgan fingerprint density at radius 1 is 0.737 bits per heavy atom. The maximum Gasteiger partial charge on any atom is 0.159 e. The number of fused-ring (bicyclic) bond motifs is 3. The Labute approximate surface area is 224 Å². The average molecular weight is 545 g/mol. The van der Waals surface area contributed by atoms with E-state index in [0.29, 0.717) is 6.42 Å². The highest BCUT2D eigenvalue weighted by Gasteiger charge is 2.76. The van der Waals surface area contributed by atoms with E-state index in [4.69, 9.17) is 0 Å². The molecule has 0 amide bonds. The van der Waals surface area contributed by atoms with Crippen LogP contribution >= 0.6 is 0 Å². The Morgan fingerprint density at radius 2 is 1.42 bits per heavy atom. The first-order chi connectivity index (χ1) is 17.8. The van der Waals surface area contributed by atoms with Crippen LogP contribution in [0.15, 0.2) is 0 Å². The SMILES string of the molecule is OC(O)C1C(O)CC2(O)CC3(O)CC4C(CCCC5CCCCC5)CCC(O)C4C(O)C3C(O)C2(O)C1O. The predicted octanol–water partition coefficient (Wildman–Crippen LogP) is -0.869. The summed E-state index contributed by atoms with van der Waals surface area (Å²) in [6.45, 7) is 0. The van der Waals surface area contributed by atoms with Crippen molar-refractivity contribution in [3.05, 3.63) is 0 Å². The van der Waals surface area contributed by atoms with E-state index in [1.807, 2.05) is 0 Å². The fourth-order valence-electron chi connectivity index (χ4n) is 9.68. The van der Waals surface area contributed by atoms with Crippen molar-refractivity contribution in [2.45, 2.75) is 137 Å². The first-order valence-electron chi connectivity index (χ1n) is 14.8. The molecule has 10 N–H and O–H groups in total. The van der Waals surface area contributed by atoms with E-state index in [9.17, 15) is 51.1 Å². The molecule has 5 rings (SSSR count). The van der Waals surface area contributed by atoms with Gasteiger partial charge in [0, 0.05) is 24.7 Å². The molecule has 220 valence electrons. The smallest absolute Gasteiger partial charge is 0.159 e. The number of hydrogen-bond donors (Lipinski definition) is 10. The van der Waals surface area contributed by atoms with Gasteiger partial charge in [0.05, 0.1) is 42.0 Å². The zero-order chi connectivity index (χ0) is 27.6. The van der Waals surface area contributed by atoms with Crippen molar-refractivity contribution in [2.75, 3.05) is 0 Å². The van der Waals surface area contributed by atoms with Gasteiger partial charge in [0.25, 0.3) is 0 Å². The molecule has 0 aromatic heterocycles. The van der Waals surface area contributed by atoms with Crippen LogP contribution in [0.4, 0.5) is 0 Å². The van der Waals surface area contributed by atoms with Gasteiger partial charge in [-0.25, -0.2) is 0 Å². The predicted molar refractivity (Wildman–Crippen MR) is 134 cm³/mol. The minimum Gasteiger partial charge on any atom is -0.393 e. The second kappa shape index (κ2) is 10.5. The molecular formula is C28H48O10. The van der Waals surface area contributed by atoms with Crippen LogP contribution in [0.5, 0.6) is 0 Å². The summed E-state index contributed by atoms with van der Waals surface area (Å²) in [6, 6.07) is 0. The maximum absolute atomic E-state index is 11.9. The molecule has 13 atom stereocenters. The second-order valence-corrected chi connectivity index (χ2v) is 13.6. The first-order valence-corrected chi connectivity index (χ1v) is 14.8. The molecular weight excluding hydrogens is 496 g/mol. The number of hydrogen-bond acceptors (Lipinski definition) is 10. The van der Waals surface area contributed by atoms with Crippen molar-refractivity contribution in [3.63, 3.8) is 0 Å². The van der Waals surface area contributed by atoms with Crippen LogP contribution in [0.25, 0.3) is 0 Å². The van der Waals surface area contributed by atoms with Crippen molar-refractivity contribution in [3.8, 4) is 0 Å². The molecule has 0 radical (unpaired) electrons. The van der Waals surface area contributed by atoms with E-state index in [1.165, 1.54) is 32.1 Å². The molecule has 10 nitrogen and oxygen atoms in total. The lowest BCUT2D eigenvalue weighted by Crippen LogP contribution is -2.83. The maximum atomic E-state index is 11.9. The van der Waals surface area contributed by atoms with Crippen molar-refractivity contribution < 1.29 is 51.1 Å². The Balaban J connectivity index is 1.40. The van der Waals surface area contributed by atoms with Crippen LogP contribution in [-0.2, 0) is 0 Å². The molecule has 0 spiro atoms. The molecule has 0 aromatic rings. The van der Waals surface area contributed by atoms with Gasteiger partial charge in [-0.1, -0.05) is 51.4 Å². The van der Waals surface area contributed by atoms with E-state index < -0.39 is 84.2 Å². The highest BCUT2D eigenvalue weighted by atomic mass is 16.5. The normalized spacial score (nSPS) is 53.8. The standard InChI is InChI=1S/C28H48O10/c29-17-10-9-15(8-4-7-14-5-2-1-3-6-14)16-11-26(36)13-27(37)12-18(30)20(25(34)35)23(32)28(27,38)24(33)21(26)22(31)19(16)17/h14-25,29-38H,1-13H2. The zero-order valence-electron chi connectivity index (χ0n) is 22.1. The van der Waals surface area contributed by atoms with Crippen LogP contribution < -0.4 is 0 Å². The molecule has 5 aliphatic rings. The van der Waals surface area contributed by atoms with Crippen LogP contribution in [0, 0.1) is 35.5 Å². The molecule has 10 heteroatoms. The van der Waals surface area contributed by atoms with Crippen LogP contribution in [0.3, 0.4) is 0 Å². The van der Waals surface area contributed by atoms with Crippen molar-refractivity contribution in [1.82, 2.24) is 0 Å². The summed E-state index contributed by atoms with van der Waals surface area (Å²) in [7, 11) is 0. The molecule has 5 aliphatic carbocycles. The Hall–Kier alpha value is -0.400. The van der Waals surface area contributed by atoms with E-state index in [2.05, 4.69) is 0 Å². The van der Waals surface area contributed by atoms with E-state index in [0.717, 1.165) is 31.6 Å². The monoisotopic (exact) mass is 544 g/mol. The summed E-state index contributed by atoms with van der Waals surface area (Å²) in [6.07, 6.45) is -0.653. The number of rotatable bonds is 5. The summed E-state index contributed by atoms with van der Waals surface area (Å²) in [5.41, 5.74) is -6.92. The molecule has 0 saturated heterocycles. The second-order valence-electron chi connectivity index (χ2n) is 13.6. The fraction of sp³-hybridized carbons (Fsp3) is 1.00. The van der Waals surface area contributed by atoms with Crippen LogP contribution in [0.2, 0.25) is 0 Å². The Morgan fingerprint density at radius 3 is 2.08 bits per heavy atom. The minimum absolute atomic E-state index is 0.0955. The molecule has 0 bridgehead atoms. The van der Waals surface area contributed by atoms with E-state index >= 15 is 0 Å². The molecule has 13 unspecified atom stereocenters. The Bertz CT molecular complexity index is 836. The van der Waals surface area contributed by atoms with Crippen molar-refractivity contribution in [1.29, 1.82) is 0 Å². The lowest BCUT2D eigenvalue weighted by atomic mass is 9.45. The summed E-state index contributed by atoms with van der Waals surface area (Å²) in [5.74, 6) is -3.09. The van der Waals surface area contributed by atoms with Gasteiger partial charge in [0.15, 0.2) is 6.29 Å². The summed E-state index contributed by atoms with van der Waals surface area (Å²) in [4.78, 5) is 0. The minimum atomic E-state index is -2.75. The van der Waals surface area contributed by atoms with Gasteiger partial charge < -0.3 is 51.1 Å². The third-order valence-corrected chi connectivity index (χ3v) is 11.5. The lowest BCUT2D eigenvalue weighted by Gasteiger charge is -2.67. The van der Waals surface area contributed by atoms with Crippen LogP contribution in [0.1, 0.15) is 83.5 Å². The summed E-state index contributed by atoms with van der Waals surface area (Å²) in [5, 5.41) is 110. The molecule has 0 aromatic carbocycles. The molecule has 0 heterocycles. The molecule has 5 saturated carbocycles. The summed E-state index contributed by atoms with van der Waals surface area (Å²) >= 11 is 0. The molecule has 5 fully saturated rings. The summed E-state index contributed by atoms with van der Waals surface area (Å²) < 4.78 is 0. The Kier molecular flexibility index (Phi) is 8.01. The van der Waals surface area contributed by atoms with Crippen molar-refractivity contribution in [2.24, 2.45) is 35.5 Å². The first kappa shape index (κ1) is 29.1. The third kappa shape index (κ3) is 4.47. The van der Waals surface area contributed by atoms with Gasteiger partial charge in [0.2, 0.25) is 0 Å². The quantitative estimate of drug-likeness (QED) is 0.194. The lowest BCUT2D eigenvalue weighted by molar-refractivity contribution is -0.372. The van der Waals surface area contributed by atoms with Crippen LogP contribution in [-0.4, -0.2) is 105 Å². The third-order valence-electron chi connectivity index (χ3n) is 11.5. The van der Waals surface area contributed by atoms with E-state index in [1.54, 1.807) is 0 Å².